The molecule has 27 heavy (non-hydrogen) atoms. The maximum Gasteiger partial charge on any atom is 0.289 e. The fraction of sp³-hybridized carbons (Fsp3) is 0.350. The van der Waals surface area contributed by atoms with Crippen molar-refractivity contribution < 1.29 is 14.3 Å². The number of benzene rings is 1. The predicted octanol–water partition coefficient (Wildman–Crippen LogP) is 3.28. The highest BCUT2D eigenvalue weighted by Gasteiger charge is 2.60. The number of para-hydroxylation sites is 1. The smallest absolute Gasteiger partial charge is 0.289 e. The van der Waals surface area contributed by atoms with Gasteiger partial charge in [0.1, 0.15) is 11.6 Å². The number of rotatable bonds is 4. The summed E-state index contributed by atoms with van der Waals surface area (Å²) in [5.41, 5.74) is 0.744. The van der Waals surface area contributed by atoms with Crippen molar-refractivity contribution in [2.24, 2.45) is 0 Å². The molecule has 2 aromatic rings. The average molecular weight is 383 g/mol. The van der Waals surface area contributed by atoms with Crippen LogP contribution in [0.1, 0.15) is 18.4 Å². The second-order valence-corrected chi connectivity index (χ2v) is 7.90. The van der Waals surface area contributed by atoms with E-state index in [0.29, 0.717) is 5.75 Å². The van der Waals surface area contributed by atoms with Crippen molar-refractivity contribution in [2.45, 2.75) is 23.6 Å². The number of carbonyl (C=O) groups excluding carboxylic acids is 2. The van der Waals surface area contributed by atoms with Gasteiger partial charge >= 0.3 is 0 Å². The summed E-state index contributed by atoms with van der Waals surface area (Å²) >= 11 is 1.10. The Bertz CT molecular complexity index is 876. The Labute approximate surface area is 162 Å². The number of nitrogens with zero attached hydrogens (tertiary/aromatic N) is 3. The lowest BCUT2D eigenvalue weighted by Crippen LogP contribution is -2.51. The zero-order chi connectivity index (χ0) is 19.0. The fourth-order valence-electron chi connectivity index (χ4n) is 4.08. The summed E-state index contributed by atoms with van der Waals surface area (Å²) in [7, 11) is 3.14. The van der Waals surface area contributed by atoms with Crippen molar-refractivity contribution in [1.29, 1.82) is 0 Å². The molecule has 140 valence electrons. The Balaban J connectivity index is 1.89. The van der Waals surface area contributed by atoms with E-state index in [-0.39, 0.29) is 17.2 Å². The lowest BCUT2D eigenvalue weighted by molar-refractivity contribution is -0.129. The van der Waals surface area contributed by atoms with Crippen molar-refractivity contribution in [3.8, 4) is 5.75 Å². The maximum absolute atomic E-state index is 13.5. The first-order valence-corrected chi connectivity index (χ1v) is 9.73. The molecule has 7 heteroatoms. The van der Waals surface area contributed by atoms with Crippen molar-refractivity contribution in [1.82, 2.24) is 9.88 Å². The summed E-state index contributed by atoms with van der Waals surface area (Å²) in [6.07, 6.45) is 3.49. The molecule has 4 rings (SSSR count). The van der Waals surface area contributed by atoms with Crippen LogP contribution >= 0.6 is 11.8 Å². The second-order valence-electron chi connectivity index (χ2n) is 6.71. The quantitative estimate of drug-likeness (QED) is 0.807. The molecule has 3 heterocycles. The molecule has 0 bridgehead atoms. The molecule has 2 aliphatic heterocycles. The number of amides is 2. The molecular weight excluding hydrogens is 362 g/mol. The van der Waals surface area contributed by atoms with Gasteiger partial charge in [0.15, 0.2) is 4.75 Å². The minimum atomic E-state index is -1.05. The lowest BCUT2D eigenvalue weighted by atomic mass is 9.86. The van der Waals surface area contributed by atoms with E-state index in [9.17, 15) is 9.59 Å². The van der Waals surface area contributed by atoms with Gasteiger partial charge in [-0.1, -0.05) is 24.3 Å². The van der Waals surface area contributed by atoms with E-state index in [1.54, 1.807) is 20.4 Å². The molecular formula is C20H21N3O3S. The molecule has 0 spiro atoms. The highest BCUT2D eigenvalue weighted by Crippen LogP contribution is 2.54. The molecule has 2 amide bonds. The maximum atomic E-state index is 13.5. The van der Waals surface area contributed by atoms with Crippen molar-refractivity contribution in [2.75, 3.05) is 25.6 Å². The first-order valence-electron chi connectivity index (χ1n) is 8.92. The van der Waals surface area contributed by atoms with Gasteiger partial charge in [-0.25, -0.2) is 4.98 Å². The van der Waals surface area contributed by atoms with E-state index in [1.807, 2.05) is 42.5 Å². The average Bonchev–Trinajstić information content (AvgIpc) is 3.29. The Hall–Kier alpha value is -2.54. The number of methoxy groups -OCH3 is 1. The topological polar surface area (TPSA) is 62.7 Å². The molecule has 1 aromatic carbocycles. The fourth-order valence-corrected chi connectivity index (χ4v) is 5.46. The lowest BCUT2D eigenvalue weighted by Gasteiger charge is -2.38. The van der Waals surface area contributed by atoms with E-state index in [4.69, 9.17) is 4.74 Å². The molecule has 0 N–H and O–H groups in total. The van der Waals surface area contributed by atoms with Gasteiger partial charge in [-0.05, 0) is 42.8 Å². The molecule has 2 fully saturated rings. The summed E-state index contributed by atoms with van der Waals surface area (Å²) in [6.45, 7) is 0.796. The summed E-state index contributed by atoms with van der Waals surface area (Å²) in [4.78, 5) is 33.9. The van der Waals surface area contributed by atoms with Crippen LogP contribution in [0.4, 0.5) is 10.6 Å². The largest absolute Gasteiger partial charge is 0.496 e. The first-order chi connectivity index (χ1) is 13.1. The van der Waals surface area contributed by atoms with Gasteiger partial charge in [0.05, 0.1) is 13.2 Å². The highest BCUT2D eigenvalue weighted by atomic mass is 32.2. The highest BCUT2D eigenvalue weighted by molar-refractivity contribution is 8.15. The third-order valence-corrected chi connectivity index (χ3v) is 6.75. The van der Waals surface area contributed by atoms with Crippen LogP contribution in [0.3, 0.4) is 0 Å². The zero-order valence-corrected chi connectivity index (χ0v) is 16.1. The van der Waals surface area contributed by atoms with Crippen molar-refractivity contribution >= 4 is 28.7 Å². The van der Waals surface area contributed by atoms with Crippen LogP contribution in [0, 0.1) is 0 Å². The van der Waals surface area contributed by atoms with Gasteiger partial charge in [-0.2, -0.15) is 0 Å². The van der Waals surface area contributed by atoms with E-state index < -0.39 is 4.75 Å². The minimum Gasteiger partial charge on any atom is -0.496 e. The summed E-state index contributed by atoms with van der Waals surface area (Å²) < 4.78 is 4.52. The summed E-state index contributed by atoms with van der Waals surface area (Å²) in [5.74, 6) is 1.24. The van der Waals surface area contributed by atoms with Gasteiger partial charge in [0.2, 0.25) is 0 Å². The molecule has 1 unspecified atom stereocenters. The van der Waals surface area contributed by atoms with Gasteiger partial charge in [-0.3, -0.25) is 14.5 Å². The molecule has 2 atom stereocenters. The third-order valence-electron chi connectivity index (χ3n) is 5.32. The molecule has 2 saturated heterocycles. The monoisotopic (exact) mass is 383 g/mol. The second kappa shape index (κ2) is 6.88. The Morgan fingerprint density at radius 3 is 2.63 bits per heavy atom. The Kier molecular flexibility index (Phi) is 4.55. The van der Waals surface area contributed by atoms with Gasteiger partial charge in [0.25, 0.3) is 11.1 Å². The molecule has 0 aliphatic carbocycles. The van der Waals surface area contributed by atoms with Crippen molar-refractivity contribution in [3.63, 3.8) is 0 Å². The molecule has 0 radical (unpaired) electrons. The van der Waals surface area contributed by atoms with Crippen LogP contribution in [0.2, 0.25) is 0 Å². The van der Waals surface area contributed by atoms with Crippen molar-refractivity contribution in [3.05, 3.63) is 54.2 Å². The van der Waals surface area contributed by atoms with Crippen LogP contribution < -0.4 is 9.64 Å². The zero-order valence-electron chi connectivity index (χ0n) is 15.3. The van der Waals surface area contributed by atoms with Crippen LogP contribution in [0.15, 0.2) is 48.7 Å². The van der Waals surface area contributed by atoms with E-state index >= 15 is 0 Å². The molecule has 1 aromatic heterocycles. The van der Waals surface area contributed by atoms with Gasteiger partial charge in [0, 0.05) is 25.4 Å². The van der Waals surface area contributed by atoms with Crippen LogP contribution in [-0.4, -0.2) is 47.8 Å². The van der Waals surface area contributed by atoms with E-state index in [1.165, 1.54) is 4.90 Å². The van der Waals surface area contributed by atoms with Crippen LogP contribution in [0.5, 0.6) is 5.75 Å². The number of thioether (sulfide) groups is 1. The van der Waals surface area contributed by atoms with Crippen LogP contribution in [0.25, 0.3) is 0 Å². The predicted molar refractivity (Wildman–Crippen MR) is 105 cm³/mol. The SMILES string of the molecule is COc1ccccc1C1([C@@H]2CCCN2c2ccccn2)SC(=O)N(C)C1=O. The normalized spacial score (nSPS) is 25.3. The molecule has 2 aliphatic rings. The number of hydrogen-bond donors (Lipinski definition) is 0. The van der Waals surface area contributed by atoms with Gasteiger partial charge < -0.3 is 9.64 Å². The molecule has 0 saturated carbocycles. The first kappa shape index (κ1) is 17.9. The summed E-state index contributed by atoms with van der Waals surface area (Å²) in [5, 5.41) is -0.237. The van der Waals surface area contributed by atoms with E-state index in [2.05, 4.69) is 9.88 Å². The summed E-state index contributed by atoms with van der Waals surface area (Å²) in [6, 6.07) is 13.1. The Morgan fingerprint density at radius 2 is 1.96 bits per heavy atom. The number of likely N-dealkylation sites (N-methyl/N-ethyl adjacent to an activating group) is 1. The standard InChI is InChI=1S/C20H21N3O3S/c1-22-18(24)20(27-19(22)25,14-8-3-4-9-15(14)26-2)16-10-7-13-23(16)17-11-5-6-12-21-17/h3-6,8-9,11-12,16H,7,10,13H2,1-2H3/t16-,20?/m0/s1. The van der Waals surface area contributed by atoms with Gasteiger partial charge in [-0.15, -0.1) is 0 Å². The van der Waals surface area contributed by atoms with Crippen LogP contribution in [-0.2, 0) is 9.54 Å². The number of ether oxygens (including phenoxy) is 1. The number of aromatic nitrogens is 1. The third kappa shape index (κ3) is 2.68. The number of carbonyl (C=O) groups is 2. The van der Waals surface area contributed by atoms with E-state index in [0.717, 1.165) is 42.5 Å². The number of hydrogen-bond acceptors (Lipinski definition) is 6. The number of anilines is 1. The number of imide groups is 1. The number of pyridine rings is 1. The minimum absolute atomic E-state index is 0.185. The molecule has 6 nitrogen and oxygen atoms in total. The Morgan fingerprint density at radius 1 is 1.19 bits per heavy atom.